The number of para-hydroxylation sites is 2. The average molecular weight is 238 g/mol. The predicted molar refractivity (Wildman–Crippen MR) is 63.8 cm³/mol. The molecule has 18 heavy (non-hydrogen) atoms. The number of carbonyl (C=O) groups is 1. The summed E-state index contributed by atoms with van der Waals surface area (Å²) in [6, 6.07) is 13.8. The molecule has 0 aliphatic rings. The highest BCUT2D eigenvalue weighted by atomic mass is 16.4. The van der Waals surface area contributed by atoms with Crippen LogP contribution in [0, 0.1) is 0 Å². The van der Waals surface area contributed by atoms with Crippen LogP contribution in [0.1, 0.15) is 10.4 Å². The molecule has 0 spiro atoms. The lowest BCUT2D eigenvalue weighted by Gasteiger charge is -2.06. The molecule has 88 valence electrons. The van der Waals surface area contributed by atoms with E-state index in [0.717, 1.165) is 0 Å². The van der Waals surface area contributed by atoms with Crippen molar-refractivity contribution >= 4 is 17.1 Å². The van der Waals surface area contributed by atoms with Crippen LogP contribution in [0.2, 0.25) is 0 Å². The van der Waals surface area contributed by atoms with Crippen LogP contribution >= 0.6 is 0 Å². The number of carbonyl (C=O) groups excluding carboxylic acids is 1. The summed E-state index contributed by atoms with van der Waals surface area (Å²) in [6.07, 6.45) is 0. The maximum Gasteiger partial charge on any atom is 0.227 e. The number of aromatic carboxylic acids is 1. The van der Waals surface area contributed by atoms with Gasteiger partial charge in [-0.05, 0) is 18.2 Å². The zero-order valence-corrected chi connectivity index (χ0v) is 9.29. The molecule has 3 aromatic rings. The Balaban J connectivity index is 2.23. The maximum atomic E-state index is 11.0. The number of carboxylic acids is 1. The largest absolute Gasteiger partial charge is 0.545 e. The first-order chi connectivity index (χ1) is 8.75. The van der Waals surface area contributed by atoms with E-state index < -0.39 is 5.97 Å². The second-order valence-electron chi connectivity index (χ2n) is 3.82. The topological polar surface area (TPSA) is 66.2 Å². The molecule has 0 saturated heterocycles. The monoisotopic (exact) mass is 238 g/mol. The Morgan fingerprint density at radius 1 is 1.06 bits per heavy atom. The van der Waals surface area contributed by atoms with Gasteiger partial charge in [0.15, 0.2) is 5.58 Å². The highest BCUT2D eigenvalue weighted by Gasteiger charge is 2.11. The van der Waals surface area contributed by atoms with Gasteiger partial charge in [-0.2, -0.15) is 0 Å². The molecule has 0 aliphatic heterocycles. The highest BCUT2D eigenvalue weighted by molar-refractivity contribution is 5.94. The van der Waals surface area contributed by atoms with E-state index in [4.69, 9.17) is 4.42 Å². The zero-order valence-electron chi connectivity index (χ0n) is 9.29. The summed E-state index contributed by atoms with van der Waals surface area (Å²) in [7, 11) is 0. The van der Waals surface area contributed by atoms with Crippen LogP contribution in [0.25, 0.3) is 22.6 Å². The first-order valence-corrected chi connectivity index (χ1v) is 5.42. The number of carboxylic acid groups (broad SMARTS) is 1. The standard InChI is InChI=1S/C14H9NO3/c16-14(17)10-6-2-1-5-9(10)13-15-11-7-3-4-8-12(11)18-13/h1-8H,(H,16,17)/p-1. The van der Waals surface area contributed by atoms with Gasteiger partial charge in [-0.15, -0.1) is 0 Å². The molecule has 4 heteroatoms. The first-order valence-electron chi connectivity index (χ1n) is 5.42. The number of rotatable bonds is 2. The molecular formula is C14H8NO3-. The third kappa shape index (κ3) is 1.64. The van der Waals surface area contributed by atoms with Gasteiger partial charge in [-0.3, -0.25) is 0 Å². The van der Waals surface area contributed by atoms with Gasteiger partial charge in [0.2, 0.25) is 5.89 Å². The molecule has 3 rings (SSSR count). The number of benzene rings is 2. The molecule has 0 N–H and O–H groups in total. The summed E-state index contributed by atoms with van der Waals surface area (Å²) in [5.74, 6) is -0.955. The van der Waals surface area contributed by atoms with Crippen molar-refractivity contribution in [3.05, 3.63) is 54.1 Å². The summed E-state index contributed by atoms with van der Waals surface area (Å²) in [5, 5.41) is 11.0. The van der Waals surface area contributed by atoms with Gasteiger partial charge in [0.25, 0.3) is 0 Å². The number of oxazole rings is 1. The van der Waals surface area contributed by atoms with Gasteiger partial charge in [-0.1, -0.05) is 30.3 Å². The number of hydrogen-bond donors (Lipinski definition) is 0. The van der Waals surface area contributed by atoms with Gasteiger partial charge in [0.1, 0.15) is 5.52 Å². The summed E-state index contributed by atoms with van der Waals surface area (Å²) < 4.78 is 5.54. The van der Waals surface area contributed by atoms with Crippen LogP contribution in [-0.4, -0.2) is 11.0 Å². The Labute approximate surface area is 103 Å². The Morgan fingerprint density at radius 2 is 1.78 bits per heavy atom. The molecule has 0 saturated carbocycles. The second-order valence-corrected chi connectivity index (χ2v) is 3.82. The van der Waals surface area contributed by atoms with Gasteiger partial charge >= 0.3 is 0 Å². The molecule has 0 aliphatic carbocycles. The molecule has 0 bridgehead atoms. The Hall–Kier alpha value is -2.62. The van der Waals surface area contributed by atoms with Gasteiger partial charge < -0.3 is 14.3 Å². The third-order valence-corrected chi connectivity index (χ3v) is 2.67. The van der Waals surface area contributed by atoms with Crippen molar-refractivity contribution in [1.82, 2.24) is 4.98 Å². The molecule has 1 aromatic heterocycles. The quantitative estimate of drug-likeness (QED) is 0.683. The fourth-order valence-corrected chi connectivity index (χ4v) is 1.84. The van der Waals surface area contributed by atoms with E-state index in [-0.39, 0.29) is 11.5 Å². The molecule has 0 fully saturated rings. The molecule has 4 nitrogen and oxygen atoms in total. The van der Waals surface area contributed by atoms with Gasteiger partial charge in [0.05, 0.1) is 5.97 Å². The van der Waals surface area contributed by atoms with Crippen LogP contribution < -0.4 is 5.11 Å². The van der Waals surface area contributed by atoms with Crippen molar-refractivity contribution in [3.63, 3.8) is 0 Å². The van der Waals surface area contributed by atoms with Crippen molar-refractivity contribution in [2.24, 2.45) is 0 Å². The summed E-state index contributed by atoms with van der Waals surface area (Å²) in [6.45, 7) is 0. The lowest BCUT2D eigenvalue weighted by atomic mass is 10.1. The normalized spacial score (nSPS) is 10.7. The van der Waals surface area contributed by atoms with Crippen LogP contribution in [-0.2, 0) is 0 Å². The molecule has 2 aromatic carbocycles. The van der Waals surface area contributed by atoms with Gasteiger partial charge in [0, 0.05) is 11.1 Å². The lowest BCUT2D eigenvalue weighted by Crippen LogP contribution is -2.22. The number of fused-ring (bicyclic) bond motifs is 1. The number of hydrogen-bond acceptors (Lipinski definition) is 4. The van der Waals surface area contributed by atoms with Crippen molar-refractivity contribution in [1.29, 1.82) is 0 Å². The SMILES string of the molecule is O=C([O-])c1ccccc1-c1nc2ccccc2o1. The molecular weight excluding hydrogens is 230 g/mol. The summed E-state index contributed by atoms with van der Waals surface area (Å²) in [4.78, 5) is 15.3. The van der Waals surface area contributed by atoms with E-state index in [2.05, 4.69) is 4.98 Å². The average Bonchev–Trinajstić information content (AvgIpc) is 2.82. The fourth-order valence-electron chi connectivity index (χ4n) is 1.84. The van der Waals surface area contributed by atoms with Crippen molar-refractivity contribution in [3.8, 4) is 11.5 Å². The van der Waals surface area contributed by atoms with Crippen LogP contribution in [0.4, 0.5) is 0 Å². The fraction of sp³-hybridized carbons (Fsp3) is 0. The first kappa shape index (κ1) is 10.5. The van der Waals surface area contributed by atoms with E-state index >= 15 is 0 Å². The minimum Gasteiger partial charge on any atom is -0.545 e. The van der Waals surface area contributed by atoms with Gasteiger partial charge in [-0.25, -0.2) is 4.98 Å². The zero-order chi connectivity index (χ0) is 12.5. The molecule has 1 heterocycles. The number of aromatic nitrogens is 1. The molecule has 0 amide bonds. The van der Waals surface area contributed by atoms with E-state index in [0.29, 0.717) is 16.7 Å². The summed E-state index contributed by atoms with van der Waals surface area (Å²) >= 11 is 0. The molecule has 0 radical (unpaired) electrons. The minimum absolute atomic E-state index is 0.0732. The Morgan fingerprint density at radius 3 is 2.56 bits per heavy atom. The lowest BCUT2D eigenvalue weighted by molar-refractivity contribution is -0.254. The smallest absolute Gasteiger partial charge is 0.227 e. The van der Waals surface area contributed by atoms with E-state index in [9.17, 15) is 9.90 Å². The Kier molecular flexibility index (Phi) is 2.34. The van der Waals surface area contributed by atoms with Crippen LogP contribution in [0.5, 0.6) is 0 Å². The van der Waals surface area contributed by atoms with Crippen molar-refractivity contribution in [2.45, 2.75) is 0 Å². The third-order valence-electron chi connectivity index (χ3n) is 2.67. The highest BCUT2D eigenvalue weighted by Crippen LogP contribution is 2.26. The van der Waals surface area contributed by atoms with E-state index in [1.54, 1.807) is 24.3 Å². The van der Waals surface area contributed by atoms with E-state index in [1.807, 2.05) is 18.2 Å². The van der Waals surface area contributed by atoms with Crippen LogP contribution in [0.15, 0.2) is 52.9 Å². The van der Waals surface area contributed by atoms with E-state index in [1.165, 1.54) is 6.07 Å². The summed E-state index contributed by atoms with van der Waals surface area (Å²) in [5.41, 5.74) is 1.82. The second kappa shape index (κ2) is 4.00. The van der Waals surface area contributed by atoms with Crippen molar-refractivity contribution in [2.75, 3.05) is 0 Å². The van der Waals surface area contributed by atoms with Crippen LogP contribution in [0.3, 0.4) is 0 Å². The Bertz CT molecular complexity index is 697. The maximum absolute atomic E-state index is 11.0. The number of nitrogens with zero attached hydrogens (tertiary/aromatic N) is 1. The molecule has 0 unspecified atom stereocenters. The minimum atomic E-state index is -1.24. The van der Waals surface area contributed by atoms with Crippen molar-refractivity contribution < 1.29 is 14.3 Å². The molecule has 0 atom stereocenters. The predicted octanol–water partition coefficient (Wildman–Crippen LogP) is 1.86.